The first-order valence-electron chi connectivity index (χ1n) is 7.07. The Morgan fingerprint density at radius 1 is 1.23 bits per heavy atom. The van der Waals surface area contributed by atoms with Crippen molar-refractivity contribution in [2.75, 3.05) is 13.1 Å². The van der Waals surface area contributed by atoms with Gasteiger partial charge in [-0.15, -0.1) is 0 Å². The number of likely N-dealkylation sites (tertiary alicyclic amines) is 1. The smallest absolute Gasteiger partial charge is 0.263 e. The maximum atomic E-state index is 12.4. The van der Waals surface area contributed by atoms with Crippen molar-refractivity contribution in [1.29, 1.82) is 0 Å². The summed E-state index contributed by atoms with van der Waals surface area (Å²) in [6.45, 7) is 2.70. The number of carbonyl (C=O) groups is 2. The minimum absolute atomic E-state index is 0.126. The molecule has 0 bridgehead atoms. The summed E-state index contributed by atoms with van der Waals surface area (Å²) in [5.41, 5.74) is 5.29. The second-order valence-corrected chi connectivity index (χ2v) is 6.24. The average molecular weight is 345 g/mol. The molecule has 1 aromatic carbocycles. The molecule has 0 aromatic heterocycles. The maximum absolute atomic E-state index is 12.4. The van der Waals surface area contributed by atoms with Gasteiger partial charge in [0.1, 0.15) is 5.75 Å². The van der Waals surface area contributed by atoms with Gasteiger partial charge in [-0.2, -0.15) is 0 Å². The van der Waals surface area contributed by atoms with E-state index in [2.05, 4.69) is 0 Å². The normalized spacial score (nSPS) is 17.1. The van der Waals surface area contributed by atoms with Gasteiger partial charge in [0.05, 0.1) is 0 Å². The van der Waals surface area contributed by atoms with E-state index in [4.69, 9.17) is 33.7 Å². The van der Waals surface area contributed by atoms with Crippen LogP contribution >= 0.6 is 23.2 Å². The fraction of sp³-hybridized carbons (Fsp3) is 0.467. The summed E-state index contributed by atoms with van der Waals surface area (Å²) in [6, 6.07) is 4.81. The molecule has 1 aliphatic heterocycles. The summed E-state index contributed by atoms with van der Waals surface area (Å²) in [5.74, 6) is -0.124. The number of primary amides is 1. The van der Waals surface area contributed by atoms with Crippen LogP contribution in [0.5, 0.6) is 5.75 Å². The van der Waals surface area contributed by atoms with Crippen LogP contribution in [0.25, 0.3) is 0 Å². The Kier molecular flexibility index (Phi) is 5.53. The zero-order chi connectivity index (χ0) is 16.3. The number of rotatable bonds is 4. The van der Waals surface area contributed by atoms with Crippen LogP contribution in [0.1, 0.15) is 19.8 Å². The average Bonchev–Trinajstić information content (AvgIpc) is 2.45. The predicted molar refractivity (Wildman–Crippen MR) is 85.1 cm³/mol. The molecule has 1 aromatic rings. The van der Waals surface area contributed by atoms with Gasteiger partial charge in [0, 0.05) is 29.1 Å². The Morgan fingerprint density at radius 3 is 2.27 bits per heavy atom. The van der Waals surface area contributed by atoms with E-state index in [-0.39, 0.29) is 17.7 Å². The predicted octanol–water partition coefficient (Wildman–Crippen LogP) is 2.48. The van der Waals surface area contributed by atoms with E-state index in [1.54, 1.807) is 30.0 Å². The summed E-state index contributed by atoms with van der Waals surface area (Å²) in [4.78, 5) is 25.2. The van der Waals surface area contributed by atoms with Gasteiger partial charge in [0.15, 0.2) is 6.10 Å². The Bertz CT molecular complexity index is 552. The summed E-state index contributed by atoms with van der Waals surface area (Å²) in [6.07, 6.45) is 0.535. The van der Waals surface area contributed by atoms with Crippen molar-refractivity contribution in [2.45, 2.75) is 25.9 Å². The maximum Gasteiger partial charge on any atom is 0.263 e. The molecule has 2 amide bonds. The highest BCUT2D eigenvalue weighted by Gasteiger charge is 2.29. The molecule has 5 nitrogen and oxygen atoms in total. The van der Waals surface area contributed by atoms with Gasteiger partial charge < -0.3 is 15.4 Å². The first-order valence-corrected chi connectivity index (χ1v) is 7.83. The lowest BCUT2D eigenvalue weighted by atomic mass is 9.96. The number of ether oxygens (including phenoxy) is 1. The molecule has 22 heavy (non-hydrogen) atoms. The van der Waals surface area contributed by atoms with Crippen molar-refractivity contribution < 1.29 is 14.3 Å². The highest BCUT2D eigenvalue weighted by Crippen LogP contribution is 2.25. The first kappa shape index (κ1) is 16.9. The minimum atomic E-state index is -0.653. The molecule has 120 valence electrons. The van der Waals surface area contributed by atoms with E-state index < -0.39 is 6.10 Å². The number of nitrogens with two attached hydrogens (primary N) is 1. The molecular weight excluding hydrogens is 327 g/mol. The number of carbonyl (C=O) groups excluding carboxylic acids is 2. The number of amides is 2. The van der Waals surface area contributed by atoms with Crippen LogP contribution < -0.4 is 10.5 Å². The Hall–Kier alpha value is -1.46. The molecule has 1 atom stereocenters. The minimum Gasteiger partial charge on any atom is -0.481 e. The molecule has 2 N–H and O–H groups in total. The quantitative estimate of drug-likeness (QED) is 0.911. The number of piperidine rings is 1. The van der Waals surface area contributed by atoms with Crippen LogP contribution in [-0.2, 0) is 9.59 Å². The monoisotopic (exact) mass is 344 g/mol. The summed E-state index contributed by atoms with van der Waals surface area (Å²) in [7, 11) is 0. The van der Waals surface area contributed by atoms with E-state index in [0.717, 1.165) is 0 Å². The molecule has 0 spiro atoms. The lowest BCUT2D eigenvalue weighted by molar-refractivity contribution is -0.140. The molecular formula is C15H18Cl2N2O3. The zero-order valence-corrected chi connectivity index (χ0v) is 13.7. The van der Waals surface area contributed by atoms with E-state index in [9.17, 15) is 9.59 Å². The molecule has 2 rings (SSSR count). The summed E-state index contributed by atoms with van der Waals surface area (Å²) < 4.78 is 5.61. The third-order valence-electron chi connectivity index (χ3n) is 3.71. The molecule has 1 unspecified atom stereocenters. The van der Waals surface area contributed by atoms with Crippen molar-refractivity contribution in [2.24, 2.45) is 11.7 Å². The Labute approximate surface area is 139 Å². The Balaban J connectivity index is 1.94. The van der Waals surface area contributed by atoms with Crippen molar-refractivity contribution in [1.82, 2.24) is 4.90 Å². The number of halogens is 2. The number of benzene rings is 1. The van der Waals surface area contributed by atoms with Gasteiger partial charge in [-0.05, 0) is 38.0 Å². The van der Waals surface area contributed by atoms with Gasteiger partial charge in [-0.1, -0.05) is 23.2 Å². The highest BCUT2D eigenvalue weighted by atomic mass is 35.5. The van der Waals surface area contributed by atoms with Crippen molar-refractivity contribution in [3.8, 4) is 5.75 Å². The van der Waals surface area contributed by atoms with Crippen molar-refractivity contribution in [3.63, 3.8) is 0 Å². The van der Waals surface area contributed by atoms with Gasteiger partial charge in [-0.25, -0.2) is 0 Å². The topological polar surface area (TPSA) is 72.6 Å². The largest absolute Gasteiger partial charge is 0.481 e. The van der Waals surface area contributed by atoms with Gasteiger partial charge in [0.25, 0.3) is 5.91 Å². The fourth-order valence-electron chi connectivity index (χ4n) is 2.49. The third kappa shape index (κ3) is 4.27. The van der Waals surface area contributed by atoms with E-state index in [1.165, 1.54) is 0 Å². The first-order chi connectivity index (χ1) is 10.4. The van der Waals surface area contributed by atoms with E-state index >= 15 is 0 Å². The van der Waals surface area contributed by atoms with E-state index in [0.29, 0.717) is 41.7 Å². The molecule has 7 heteroatoms. The molecule has 0 saturated carbocycles. The number of nitrogens with zero attached hydrogens (tertiary/aromatic N) is 1. The second-order valence-electron chi connectivity index (χ2n) is 5.37. The lowest BCUT2D eigenvalue weighted by Crippen LogP contribution is -2.46. The van der Waals surface area contributed by atoms with Crippen LogP contribution in [0.2, 0.25) is 10.0 Å². The van der Waals surface area contributed by atoms with Crippen LogP contribution in [0.4, 0.5) is 0 Å². The van der Waals surface area contributed by atoms with Gasteiger partial charge >= 0.3 is 0 Å². The van der Waals surface area contributed by atoms with Crippen molar-refractivity contribution >= 4 is 35.0 Å². The van der Waals surface area contributed by atoms with Crippen LogP contribution in [0.3, 0.4) is 0 Å². The number of hydrogen-bond donors (Lipinski definition) is 1. The third-order valence-corrected chi connectivity index (χ3v) is 4.14. The second kappa shape index (κ2) is 7.20. The zero-order valence-electron chi connectivity index (χ0n) is 12.2. The summed E-state index contributed by atoms with van der Waals surface area (Å²) in [5, 5.41) is 0.897. The number of hydrogen-bond acceptors (Lipinski definition) is 3. The standard InChI is InChI=1S/C15H18Cl2N2O3/c1-9(22-13-7-11(16)6-12(17)8-13)15(21)19-4-2-10(3-5-19)14(18)20/h6-10H,2-5H2,1H3,(H2,18,20). The SMILES string of the molecule is CC(Oc1cc(Cl)cc(Cl)c1)C(=O)N1CCC(C(N)=O)CC1. The van der Waals surface area contributed by atoms with E-state index in [1.807, 2.05) is 0 Å². The lowest BCUT2D eigenvalue weighted by Gasteiger charge is -2.32. The fourth-order valence-corrected chi connectivity index (χ4v) is 3.00. The van der Waals surface area contributed by atoms with Crippen LogP contribution in [-0.4, -0.2) is 35.9 Å². The molecule has 1 saturated heterocycles. The molecule has 1 heterocycles. The molecule has 1 fully saturated rings. The highest BCUT2D eigenvalue weighted by molar-refractivity contribution is 6.34. The molecule has 0 radical (unpaired) electrons. The molecule has 0 aliphatic carbocycles. The van der Waals surface area contributed by atoms with Gasteiger partial charge in [-0.3, -0.25) is 9.59 Å². The van der Waals surface area contributed by atoms with Crippen LogP contribution in [0, 0.1) is 5.92 Å². The molecule has 1 aliphatic rings. The Morgan fingerprint density at radius 2 is 1.77 bits per heavy atom. The summed E-state index contributed by atoms with van der Waals surface area (Å²) >= 11 is 11.8. The van der Waals surface area contributed by atoms with Crippen molar-refractivity contribution in [3.05, 3.63) is 28.2 Å². The van der Waals surface area contributed by atoms with Gasteiger partial charge in [0.2, 0.25) is 5.91 Å². The van der Waals surface area contributed by atoms with Crippen LogP contribution in [0.15, 0.2) is 18.2 Å².